The van der Waals surface area contributed by atoms with E-state index >= 15 is 0 Å². The summed E-state index contributed by atoms with van der Waals surface area (Å²) in [6.07, 6.45) is 6.04. The summed E-state index contributed by atoms with van der Waals surface area (Å²) < 4.78 is 5.02. The average Bonchev–Trinajstić information content (AvgIpc) is 2.77. The molecule has 1 aliphatic carbocycles. The van der Waals surface area contributed by atoms with Crippen LogP contribution >= 0.6 is 0 Å². The first-order chi connectivity index (χ1) is 7.24. The van der Waals surface area contributed by atoms with Gasteiger partial charge in [0, 0.05) is 6.04 Å². The van der Waals surface area contributed by atoms with E-state index in [0.717, 1.165) is 18.5 Å². The number of nitrogens with one attached hydrogen (secondary N) is 2. The summed E-state index contributed by atoms with van der Waals surface area (Å²) in [4.78, 5) is 15.4. The van der Waals surface area contributed by atoms with Gasteiger partial charge in [-0.2, -0.15) is 4.98 Å². The minimum Gasteiger partial charge on any atom is -0.432 e. The fourth-order valence-electron chi connectivity index (χ4n) is 1.80. The maximum absolute atomic E-state index is 11.5. The topological polar surface area (TPSA) is 67.2 Å². The number of nitrogens with zero attached hydrogens (tertiary/aromatic N) is 1. The third kappa shape index (κ3) is 2.71. The Morgan fingerprint density at radius 2 is 2.27 bits per heavy atom. The van der Waals surface area contributed by atoms with Crippen LogP contribution in [-0.2, 0) is 0 Å². The quantitative estimate of drug-likeness (QED) is 0.783. The van der Waals surface area contributed by atoms with Crippen molar-refractivity contribution in [2.24, 2.45) is 0 Å². The van der Waals surface area contributed by atoms with Gasteiger partial charge in [0.1, 0.15) is 6.26 Å². The Bertz CT molecular complexity index is 342. The first-order valence-electron chi connectivity index (χ1n) is 5.24. The number of aromatic nitrogens is 1. The van der Waals surface area contributed by atoms with Crippen LogP contribution in [-0.4, -0.2) is 17.1 Å². The van der Waals surface area contributed by atoms with Crippen molar-refractivity contribution in [3.05, 3.63) is 12.0 Å². The molecule has 0 spiro atoms. The highest BCUT2D eigenvalue weighted by atomic mass is 16.4. The number of aryl methyl sites for hydroxylation is 1. The molecule has 5 nitrogen and oxygen atoms in total. The SMILES string of the molecule is Cc1coc(NC(=O)NC2CCCC2)n1. The second kappa shape index (κ2) is 4.33. The Morgan fingerprint density at radius 3 is 2.87 bits per heavy atom. The summed E-state index contributed by atoms with van der Waals surface area (Å²) in [7, 11) is 0. The summed E-state index contributed by atoms with van der Waals surface area (Å²) in [6.45, 7) is 1.81. The number of hydrogen-bond donors (Lipinski definition) is 2. The Kier molecular flexibility index (Phi) is 2.89. The van der Waals surface area contributed by atoms with Crippen LogP contribution in [0.5, 0.6) is 0 Å². The van der Waals surface area contributed by atoms with Gasteiger partial charge in [-0.25, -0.2) is 4.79 Å². The van der Waals surface area contributed by atoms with Crippen molar-refractivity contribution < 1.29 is 9.21 Å². The lowest BCUT2D eigenvalue weighted by Gasteiger charge is -2.10. The second-order valence-electron chi connectivity index (χ2n) is 3.87. The second-order valence-corrected chi connectivity index (χ2v) is 3.87. The molecule has 1 aromatic heterocycles. The molecule has 1 heterocycles. The molecule has 0 saturated heterocycles. The van der Waals surface area contributed by atoms with Crippen LogP contribution in [0.3, 0.4) is 0 Å². The van der Waals surface area contributed by atoms with Gasteiger partial charge in [0.15, 0.2) is 0 Å². The molecule has 2 N–H and O–H groups in total. The molecule has 0 bridgehead atoms. The molecule has 5 heteroatoms. The predicted molar refractivity (Wildman–Crippen MR) is 55.7 cm³/mol. The lowest BCUT2D eigenvalue weighted by molar-refractivity contribution is 0.248. The van der Waals surface area contributed by atoms with Crippen LogP contribution in [0.4, 0.5) is 10.8 Å². The van der Waals surface area contributed by atoms with Crippen LogP contribution in [0.25, 0.3) is 0 Å². The highest BCUT2D eigenvalue weighted by molar-refractivity contribution is 5.87. The average molecular weight is 209 g/mol. The Hall–Kier alpha value is -1.52. The van der Waals surface area contributed by atoms with E-state index in [4.69, 9.17) is 4.42 Å². The number of amides is 2. The Morgan fingerprint density at radius 1 is 1.53 bits per heavy atom. The van der Waals surface area contributed by atoms with Gasteiger partial charge >= 0.3 is 12.0 Å². The van der Waals surface area contributed by atoms with Crippen LogP contribution in [0.2, 0.25) is 0 Å². The summed E-state index contributed by atoms with van der Waals surface area (Å²) >= 11 is 0. The van der Waals surface area contributed by atoms with Crippen LogP contribution in [0.1, 0.15) is 31.4 Å². The first kappa shape index (κ1) is 10.0. The maximum atomic E-state index is 11.5. The van der Waals surface area contributed by atoms with E-state index in [-0.39, 0.29) is 12.0 Å². The molecule has 82 valence electrons. The lowest BCUT2D eigenvalue weighted by Crippen LogP contribution is -2.36. The molecule has 15 heavy (non-hydrogen) atoms. The molecular formula is C10H15N3O2. The number of rotatable bonds is 2. The van der Waals surface area contributed by atoms with Gasteiger partial charge in [-0.3, -0.25) is 5.32 Å². The van der Waals surface area contributed by atoms with E-state index in [0.29, 0.717) is 6.04 Å². The summed E-state index contributed by atoms with van der Waals surface area (Å²) in [5.41, 5.74) is 0.756. The molecule has 0 unspecified atom stereocenters. The van der Waals surface area contributed by atoms with E-state index in [1.54, 1.807) is 0 Å². The molecule has 2 amide bonds. The number of oxazole rings is 1. The minimum atomic E-state index is -0.233. The van der Waals surface area contributed by atoms with Gasteiger partial charge < -0.3 is 9.73 Å². The molecule has 0 radical (unpaired) electrons. The van der Waals surface area contributed by atoms with Crippen LogP contribution < -0.4 is 10.6 Å². The van der Waals surface area contributed by atoms with E-state index in [2.05, 4.69) is 15.6 Å². The molecule has 1 aromatic rings. The van der Waals surface area contributed by atoms with Crippen molar-refractivity contribution >= 4 is 12.0 Å². The van der Waals surface area contributed by atoms with Gasteiger partial charge in [0.25, 0.3) is 0 Å². The lowest BCUT2D eigenvalue weighted by atomic mass is 10.3. The monoisotopic (exact) mass is 209 g/mol. The Balaban J connectivity index is 1.81. The van der Waals surface area contributed by atoms with E-state index in [1.807, 2.05) is 6.92 Å². The number of anilines is 1. The highest BCUT2D eigenvalue weighted by Gasteiger charge is 2.17. The summed E-state index contributed by atoms with van der Waals surface area (Å²) in [5.74, 6) is 0. The van der Waals surface area contributed by atoms with Crippen molar-refractivity contribution in [3.8, 4) is 0 Å². The number of urea groups is 1. The van der Waals surface area contributed by atoms with Crippen molar-refractivity contribution in [3.63, 3.8) is 0 Å². The van der Waals surface area contributed by atoms with E-state index < -0.39 is 0 Å². The largest absolute Gasteiger partial charge is 0.432 e. The van der Waals surface area contributed by atoms with Gasteiger partial charge in [0.05, 0.1) is 5.69 Å². The number of carbonyl (C=O) groups excluding carboxylic acids is 1. The summed E-state index contributed by atoms with van der Waals surface area (Å²) in [5, 5.41) is 5.45. The third-order valence-electron chi connectivity index (χ3n) is 2.53. The zero-order valence-electron chi connectivity index (χ0n) is 8.75. The molecular weight excluding hydrogens is 194 g/mol. The van der Waals surface area contributed by atoms with Gasteiger partial charge in [0.2, 0.25) is 0 Å². The summed E-state index contributed by atoms with van der Waals surface area (Å²) in [6, 6.07) is 0.327. The van der Waals surface area contributed by atoms with Crippen molar-refractivity contribution in [2.45, 2.75) is 38.6 Å². The fraction of sp³-hybridized carbons (Fsp3) is 0.600. The molecule has 1 fully saturated rings. The Labute approximate surface area is 88.3 Å². The van der Waals surface area contributed by atoms with Gasteiger partial charge in [-0.1, -0.05) is 12.8 Å². The van der Waals surface area contributed by atoms with E-state index in [1.165, 1.54) is 19.1 Å². The molecule has 2 rings (SSSR count). The molecule has 0 aliphatic heterocycles. The van der Waals surface area contributed by atoms with Crippen molar-refractivity contribution in [1.82, 2.24) is 10.3 Å². The van der Waals surface area contributed by atoms with Crippen LogP contribution in [0, 0.1) is 6.92 Å². The standard InChI is InChI=1S/C10H15N3O2/c1-7-6-15-10(11-7)13-9(14)12-8-4-2-3-5-8/h6,8H,2-5H2,1H3,(H2,11,12,13,14). The van der Waals surface area contributed by atoms with Gasteiger partial charge in [-0.05, 0) is 19.8 Å². The minimum absolute atomic E-state index is 0.233. The highest BCUT2D eigenvalue weighted by Crippen LogP contribution is 2.17. The number of carbonyl (C=O) groups is 1. The first-order valence-corrected chi connectivity index (χ1v) is 5.24. The smallest absolute Gasteiger partial charge is 0.323 e. The van der Waals surface area contributed by atoms with Gasteiger partial charge in [-0.15, -0.1) is 0 Å². The third-order valence-corrected chi connectivity index (χ3v) is 2.53. The maximum Gasteiger partial charge on any atom is 0.323 e. The van der Waals surface area contributed by atoms with Crippen molar-refractivity contribution in [2.75, 3.05) is 5.32 Å². The predicted octanol–water partition coefficient (Wildman–Crippen LogP) is 2.05. The molecule has 1 saturated carbocycles. The zero-order chi connectivity index (χ0) is 10.7. The van der Waals surface area contributed by atoms with E-state index in [9.17, 15) is 4.79 Å². The fourth-order valence-corrected chi connectivity index (χ4v) is 1.80. The van der Waals surface area contributed by atoms with Crippen molar-refractivity contribution in [1.29, 1.82) is 0 Å². The normalized spacial score (nSPS) is 16.6. The number of hydrogen-bond acceptors (Lipinski definition) is 3. The molecule has 0 atom stereocenters. The zero-order valence-corrected chi connectivity index (χ0v) is 8.75. The molecule has 1 aliphatic rings. The van der Waals surface area contributed by atoms with Crippen LogP contribution in [0.15, 0.2) is 10.7 Å². The molecule has 0 aromatic carbocycles.